The van der Waals surface area contributed by atoms with Crippen LogP contribution in [-0.2, 0) is 10.0 Å². The van der Waals surface area contributed by atoms with E-state index in [-0.39, 0.29) is 10.0 Å². The summed E-state index contributed by atoms with van der Waals surface area (Å²) < 4.78 is 39.7. The summed E-state index contributed by atoms with van der Waals surface area (Å²) in [6.07, 6.45) is 0. The number of benzene rings is 2. The Balaban J connectivity index is 1.85. The van der Waals surface area contributed by atoms with Crippen molar-refractivity contribution in [3.8, 4) is 11.3 Å². The number of nitrogens with zero attached hydrogens (tertiary/aromatic N) is 1. The third-order valence-corrected chi connectivity index (χ3v) is 5.27. The quantitative estimate of drug-likeness (QED) is 0.708. The molecule has 3 rings (SSSR count). The molecule has 8 heteroatoms. The summed E-state index contributed by atoms with van der Waals surface area (Å²) in [5, 5.41) is 1.96. The van der Waals surface area contributed by atoms with E-state index in [9.17, 15) is 12.8 Å². The maximum Gasteiger partial charge on any atom is 0.263 e. The van der Waals surface area contributed by atoms with Crippen molar-refractivity contribution >= 4 is 32.2 Å². The molecule has 0 fully saturated rings. The van der Waals surface area contributed by atoms with Crippen LogP contribution in [0, 0.1) is 5.82 Å². The van der Waals surface area contributed by atoms with Crippen LogP contribution in [0.25, 0.3) is 11.3 Å². The van der Waals surface area contributed by atoms with E-state index in [0.29, 0.717) is 11.4 Å². The van der Waals surface area contributed by atoms with Crippen LogP contribution in [0.5, 0.6) is 0 Å². The van der Waals surface area contributed by atoms with Crippen molar-refractivity contribution in [2.24, 2.45) is 0 Å². The third kappa shape index (κ3) is 3.49. The predicted molar refractivity (Wildman–Crippen MR) is 89.2 cm³/mol. The van der Waals surface area contributed by atoms with Crippen molar-refractivity contribution in [2.45, 2.75) is 4.90 Å². The molecule has 0 aliphatic rings. The molecule has 0 saturated heterocycles. The van der Waals surface area contributed by atoms with Gasteiger partial charge < -0.3 is 5.73 Å². The number of aromatic nitrogens is 1. The summed E-state index contributed by atoms with van der Waals surface area (Å²) in [5.74, 6) is -0.498. The van der Waals surface area contributed by atoms with Crippen LogP contribution in [0.2, 0.25) is 0 Å². The number of rotatable bonds is 4. The number of sulfonamides is 1. The number of nitrogen functional groups attached to an aromatic ring is 1. The number of hydrogen-bond acceptors (Lipinski definition) is 5. The minimum Gasteiger partial charge on any atom is -0.399 e. The van der Waals surface area contributed by atoms with Gasteiger partial charge in [0.15, 0.2) is 5.13 Å². The van der Waals surface area contributed by atoms with Gasteiger partial charge in [0.1, 0.15) is 5.82 Å². The van der Waals surface area contributed by atoms with Gasteiger partial charge in [0.2, 0.25) is 0 Å². The Morgan fingerprint density at radius 1 is 1.13 bits per heavy atom. The number of halogens is 1. The van der Waals surface area contributed by atoms with Gasteiger partial charge in [-0.05, 0) is 36.4 Å². The van der Waals surface area contributed by atoms with E-state index in [1.807, 2.05) is 6.07 Å². The third-order valence-electron chi connectivity index (χ3n) is 3.03. The molecule has 2 aromatic carbocycles. The van der Waals surface area contributed by atoms with E-state index >= 15 is 0 Å². The van der Waals surface area contributed by atoms with Gasteiger partial charge in [0.25, 0.3) is 10.0 Å². The number of thiazole rings is 1. The predicted octanol–water partition coefficient (Wildman–Crippen LogP) is 3.33. The molecule has 0 bridgehead atoms. The second kappa shape index (κ2) is 5.98. The molecule has 0 spiro atoms. The zero-order valence-corrected chi connectivity index (χ0v) is 13.4. The second-order valence-electron chi connectivity index (χ2n) is 4.72. The highest BCUT2D eigenvalue weighted by Gasteiger charge is 2.16. The molecule has 0 atom stereocenters. The highest BCUT2D eigenvalue weighted by atomic mass is 32.2. The maximum atomic E-state index is 12.9. The van der Waals surface area contributed by atoms with Gasteiger partial charge in [-0.1, -0.05) is 12.1 Å². The maximum absolute atomic E-state index is 12.9. The van der Waals surface area contributed by atoms with Gasteiger partial charge in [-0.3, -0.25) is 4.72 Å². The Labute approximate surface area is 136 Å². The van der Waals surface area contributed by atoms with Crippen LogP contribution in [-0.4, -0.2) is 13.4 Å². The van der Waals surface area contributed by atoms with Gasteiger partial charge in [-0.25, -0.2) is 17.8 Å². The average Bonchev–Trinajstić information content (AvgIpc) is 2.95. The summed E-state index contributed by atoms with van der Waals surface area (Å²) in [6, 6.07) is 11.7. The van der Waals surface area contributed by atoms with Crippen LogP contribution in [0.1, 0.15) is 0 Å². The fourth-order valence-corrected chi connectivity index (χ4v) is 3.91. The minimum absolute atomic E-state index is 0.0281. The zero-order valence-electron chi connectivity index (χ0n) is 11.7. The van der Waals surface area contributed by atoms with Gasteiger partial charge in [-0.15, -0.1) is 11.3 Å². The molecule has 0 unspecified atom stereocenters. The average molecular weight is 349 g/mol. The summed E-state index contributed by atoms with van der Waals surface area (Å²) in [4.78, 5) is 4.22. The molecule has 1 aromatic heterocycles. The van der Waals surface area contributed by atoms with Gasteiger partial charge >= 0.3 is 0 Å². The van der Waals surface area contributed by atoms with Crippen molar-refractivity contribution < 1.29 is 12.8 Å². The van der Waals surface area contributed by atoms with Crippen LogP contribution in [0.3, 0.4) is 0 Å². The second-order valence-corrected chi connectivity index (χ2v) is 7.26. The Bertz CT molecular complexity index is 937. The fraction of sp³-hybridized carbons (Fsp3) is 0. The molecule has 3 aromatic rings. The van der Waals surface area contributed by atoms with E-state index in [4.69, 9.17) is 5.73 Å². The lowest BCUT2D eigenvalue weighted by molar-refractivity contribution is 0.599. The van der Waals surface area contributed by atoms with Crippen LogP contribution in [0.15, 0.2) is 58.8 Å². The molecule has 0 radical (unpaired) electrons. The SMILES string of the molecule is Nc1cccc(-c2csc(NS(=O)(=O)c3ccc(F)cc3)n2)c1. The number of hydrogen-bond donors (Lipinski definition) is 2. The van der Waals surface area contributed by atoms with E-state index in [1.54, 1.807) is 23.6 Å². The number of anilines is 2. The minimum atomic E-state index is -3.80. The topological polar surface area (TPSA) is 85.1 Å². The monoisotopic (exact) mass is 349 g/mol. The molecular weight excluding hydrogens is 337 g/mol. The first-order valence-corrected chi connectivity index (χ1v) is 8.90. The van der Waals surface area contributed by atoms with E-state index in [1.165, 1.54) is 12.1 Å². The first-order chi connectivity index (χ1) is 10.9. The van der Waals surface area contributed by atoms with E-state index in [0.717, 1.165) is 29.0 Å². The lowest BCUT2D eigenvalue weighted by atomic mass is 10.1. The highest BCUT2D eigenvalue weighted by Crippen LogP contribution is 2.27. The van der Waals surface area contributed by atoms with E-state index < -0.39 is 15.8 Å². The van der Waals surface area contributed by atoms with Gasteiger partial charge in [0, 0.05) is 16.6 Å². The van der Waals surface area contributed by atoms with E-state index in [2.05, 4.69) is 9.71 Å². The normalized spacial score (nSPS) is 11.3. The van der Waals surface area contributed by atoms with Crippen molar-refractivity contribution in [3.63, 3.8) is 0 Å². The Morgan fingerprint density at radius 3 is 2.57 bits per heavy atom. The number of nitrogens with one attached hydrogen (secondary N) is 1. The molecule has 0 aliphatic carbocycles. The summed E-state index contributed by atoms with van der Waals surface area (Å²) >= 11 is 1.16. The van der Waals surface area contributed by atoms with Crippen molar-refractivity contribution in [2.75, 3.05) is 10.5 Å². The summed E-state index contributed by atoms with van der Waals surface area (Å²) in [5.41, 5.74) is 7.75. The molecule has 0 saturated carbocycles. The van der Waals surface area contributed by atoms with Gasteiger partial charge in [-0.2, -0.15) is 0 Å². The molecule has 23 heavy (non-hydrogen) atoms. The van der Waals surface area contributed by atoms with Crippen LogP contribution >= 0.6 is 11.3 Å². The van der Waals surface area contributed by atoms with Crippen LogP contribution in [0.4, 0.5) is 15.2 Å². The van der Waals surface area contributed by atoms with Gasteiger partial charge in [0.05, 0.1) is 10.6 Å². The lowest BCUT2D eigenvalue weighted by Crippen LogP contribution is -2.12. The van der Waals surface area contributed by atoms with Crippen molar-refractivity contribution in [1.82, 2.24) is 4.98 Å². The molecule has 3 N–H and O–H groups in total. The number of nitrogens with two attached hydrogens (primary N) is 1. The first-order valence-electron chi connectivity index (χ1n) is 6.54. The Kier molecular flexibility index (Phi) is 4.01. The lowest BCUT2D eigenvalue weighted by Gasteiger charge is -2.04. The molecule has 5 nitrogen and oxygen atoms in total. The summed E-state index contributed by atoms with van der Waals surface area (Å²) in [7, 11) is -3.80. The highest BCUT2D eigenvalue weighted by molar-refractivity contribution is 7.93. The fourth-order valence-electron chi connectivity index (χ4n) is 1.94. The standard InChI is InChI=1S/C15H12FN3O2S2/c16-11-4-6-13(7-5-11)23(20,21)19-15-18-14(9-22-15)10-2-1-3-12(17)8-10/h1-9H,17H2,(H,18,19). The zero-order chi connectivity index (χ0) is 16.4. The summed E-state index contributed by atoms with van der Waals surface area (Å²) in [6.45, 7) is 0. The van der Waals surface area contributed by atoms with Crippen molar-refractivity contribution in [1.29, 1.82) is 0 Å². The first kappa shape index (κ1) is 15.4. The molecule has 1 heterocycles. The van der Waals surface area contributed by atoms with Crippen molar-refractivity contribution in [3.05, 3.63) is 59.7 Å². The molecular formula is C15H12FN3O2S2. The van der Waals surface area contributed by atoms with Crippen LogP contribution < -0.4 is 10.5 Å². The Morgan fingerprint density at radius 2 is 1.87 bits per heavy atom. The largest absolute Gasteiger partial charge is 0.399 e. The molecule has 0 amide bonds. The Hall–Kier alpha value is -2.45. The molecule has 0 aliphatic heterocycles. The molecule has 118 valence electrons. The smallest absolute Gasteiger partial charge is 0.263 e.